The molecule has 50 heavy (non-hydrogen) atoms. The third-order valence-corrected chi connectivity index (χ3v) is 5.75. The second-order valence-electron chi connectivity index (χ2n) is 9.92. The maximum absolute atomic E-state index is 10.8. The van der Waals surface area contributed by atoms with Crippen LogP contribution in [0.15, 0.2) is 0 Å². The molecule has 0 atom stereocenters. The van der Waals surface area contributed by atoms with E-state index in [1.807, 2.05) is 14.0 Å². The van der Waals surface area contributed by atoms with Gasteiger partial charge in [-0.3, -0.25) is 4.79 Å². The Morgan fingerprint density at radius 3 is 1.02 bits per heavy atom. The zero-order valence-corrected chi connectivity index (χ0v) is 31.7. The molecule has 1 amide bonds. The topological polar surface area (TPSA) is 168 Å². The fraction of sp³-hybridized carbons (Fsp3) is 0.912. The number of carbonyl (C=O) groups excluding carboxylic acids is 3. The predicted octanol–water partition coefficient (Wildman–Crippen LogP) is 1.06. The van der Waals surface area contributed by atoms with Gasteiger partial charge in [0, 0.05) is 46.5 Å². The van der Waals surface area contributed by atoms with E-state index in [0.29, 0.717) is 165 Å². The van der Waals surface area contributed by atoms with E-state index >= 15 is 0 Å². The summed E-state index contributed by atoms with van der Waals surface area (Å²) in [4.78, 5) is 31.4. The lowest BCUT2D eigenvalue weighted by Gasteiger charge is -2.13. The Balaban J connectivity index is -0.00000131. The number of nitrogens with zero attached hydrogens (tertiary/aromatic N) is 1. The van der Waals surface area contributed by atoms with Crippen molar-refractivity contribution in [2.75, 3.05) is 173 Å². The van der Waals surface area contributed by atoms with Gasteiger partial charge in [-0.1, -0.05) is 13.8 Å². The molecule has 0 fully saturated rings. The van der Waals surface area contributed by atoms with Crippen LogP contribution in [0.2, 0.25) is 0 Å². The molecule has 0 saturated heterocycles. The van der Waals surface area contributed by atoms with Gasteiger partial charge < -0.3 is 71.9 Å². The van der Waals surface area contributed by atoms with Gasteiger partial charge in [0.25, 0.3) is 0 Å². The Bertz CT molecular complexity index is 619. The van der Waals surface area contributed by atoms with Crippen LogP contribution in [0.5, 0.6) is 0 Å². The molecule has 0 aromatic carbocycles. The second-order valence-corrected chi connectivity index (χ2v) is 9.92. The number of rotatable bonds is 38. The summed E-state index contributed by atoms with van der Waals surface area (Å²) in [5.41, 5.74) is 0. The monoisotopic (exact) mass is 730 g/mol. The van der Waals surface area contributed by atoms with E-state index in [4.69, 9.17) is 52.1 Å². The van der Waals surface area contributed by atoms with Crippen LogP contribution in [0.1, 0.15) is 33.1 Å². The van der Waals surface area contributed by atoms with E-state index < -0.39 is 0 Å². The summed E-state index contributed by atoms with van der Waals surface area (Å²) < 4.78 is 59.0. The van der Waals surface area contributed by atoms with Crippen LogP contribution in [0.4, 0.5) is 0 Å². The van der Waals surface area contributed by atoms with Gasteiger partial charge >= 0.3 is 0 Å². The van der Waals surface area contributed by atoms with Gasteiger partial charge in [0.1, 0.15) is 12.6 Å². The highest BCUT2D eigenvalue weighted by Crippen LogP contribution is 1.90. The molecule has 0 aliphatic rings. The largest absolute Gasteiger partial charge is 0.382 e. The van der Waals surface area contributed by atoms with Crippen LogP contribution in [0, 0.1) is 0 Å². The average Bonchev–Trinajstić information content (AvgIpc) is 3.14. The third kappa shape index (κ3) is 53.1. The Kier molecular flexibility index (Phi) is 54.5. The number of aldehydes is 2. The Labute approximate surface area is 301 Å². The fourth-order valence-electron chi connectivity index (χ4n) is 3.04. The molecule has 0 aliphatic heterocycles. The lowest BCUT2D eigenvalue weighted by Crippen LogP contribution is -2.26. The molecule has 1 N–H and O–H groups in total. The van der Waals surface area contributed by atoms with E-state index in [1.54, 1.807) is 26.0 Å². The standard InChI is InChI=1S/C24H51NO11.C7H13NO2.C3H6O/c1-25-3-4-27-7-8-29-11-12-31-15-16-33-19-20-35-23-24-36-22-21-34-18-17-32-14-13-30-10-9-28-6-5-26-2;1-3-7(10)8(2)5-4-6-9;1-2-3-4/h25H,3-24H2,1-2H3;6H,3-5H2,1-2H3;3H,2H2,1H3. The van der Waals surface area contributed by atoms with Crippen molar-refractivity contribution in [1.82, 2.24) is 10.2 Å². The summed E-state index contributed by atoms with van der Waals surface area (Å²) in [6, 6.07) is 0. The lowest BCUT2D eigenvalue weighted by molar-refractivity contribution is -0.129. The number of likely N-dealkylation sites (N-methyl/N-ethyl adjacent to an activating group) is 1. The van der Waals surface area contributed by atoms with Gasteiger partial charge in [-0.05, 0) is 7.05 Å². The predicted molar refractivity (Wildman–Crippen MR) is 189 cm³/mol. The molecule has 0 unspecified atom stereocenters. The van der Waals surface area contributed by atoms with Crippen molar-refractivity contribution in [1.29, 1.82) is 0 Å². The summed E-state index contributed by atoms with van der Waals surface area (Å²) in [5, 5.41) is 3.02. The number of methoxy groups -OCH3 is 1. The molecular formula is C34H70N2O14. The first-order chi connectivity index (χ1) is 24.5. The van der Waals surface area contributed by atoms with E-state index in [2.05, 4.69) is 5.32 Å². The Morgan fingerprint density at radius 2 is 0.800 bits per heavy atom. The van der Waals surface area contributed by atoms with E-state index in [1.165, 1.54) is 0 Å². The molecule has 0 aliphatic carbocycles. The summed E-state index contributed by atoms with van der Waals surface area (Å²) in [6.07, 6.45) is 3.27. The van der Waals surface area contributed by atoms with Crippen molar-refractivity contribution in [3.8, 4) is 0 Å². The second kappa shape index (κ2) is 51.7. The highest BCUT2D eigenvalue weighted by atomic mass is 16.6. The quantitative estimate of drug-likeness (QED) is 0.0707. The Hall–Kier alpha value is -1.67. The van der Waals surface area contributed by atoms with Crippen molar-refractivity contribution < 1.29 is 66.5 Å². The molecule has 16 nitrogen and oxygen atoms in total. The maximum Gasteiger partial charge on any atom is 0.222 e. The molecule has 0 saturated carbocycles. The Morgan fingerprint density at radius 1 is 0.520 bits per heavy atom. The smallest absolute Gasteiger partial charge is 0.222 e. The van der Waals surface area contributed by atoms with E-state index in [0.717, 1.165) is 19.1 Å². The van der Waals surface area contributed by atoms with Crippen LogP contribution in [0.25, 0.3) is 0 Å². The van der Waals surface area contributed by atoms with Crippen molar-refractivity contribution in [3.63, 3.8) is 0 Å². The normalized spacial score (nSPS) is 10.6. The van der Waals surface area contributed by atoms with E-state index in [-0.39, 0.29) is 5.91 Å². The molecule has 0 radical (unpaired) electrons. The van der Waals surface area contributed by atoms with E-state index in [9.17, 15) is 14.4 Å². The first-order valence-corrected chi connectivity index (χ1v) is 17.6. The van der Waals surface area contributed by atoms with Crippen molar-refractivity contribution in [2.24, 2.45) is 0 Å². The van der Waals surface area contributed by atoms with Gasteiger partial charge in [-0.25, -0.2) is 0 Å². The number of ether oxygens (including phenoxy) is 11. The van der Waals surface area contributed by atoms with Gasteiger partial charge in [0.15, 0.2) is 0 Å². The third-order valence-electron chi connectivity index (χ3n) is 5.75. The SMILES string of the molecule is CCC(=O)N(C)CCC=O.CCC=O.CNCCOCCOCCOCCOCCOCCOCCOCCOCCOCCOCCOC. The zero-order valence-electron chi connectivity index (χ0n) is 31.7. The number of hydrogen-bond donors (Lipinski definition) is 1. The number of carbonyl (C=O) groups is 3. The van der Waals surface area contributed by atoms with Crippen molar-refractivity contribution >= 4 is 18.5 Å². The number of hydrogen-bond acceptors (Lipinski definition) is 15. The van der Waals surface area contributed by atoms with Gasteiger partial charge in [0.2, 0.25) is 5.91 Å². The zero-order chi connectivity index (χ0) is 37.4. The molecule has 0 rings (SSSR count). The molecule has 0 bridgehead atoms. The number of amides is 1. The molecule has 300 valence electrons. The minimum Gasteiger partial charge on any atom is -0.382 e. The maximum atomic E-state index is 10.8. The molecular weight excluding hydrogens is 660 g/mol. The van der Waals surface area contributed by atoms with Crippen LogP contribution in [-0.2, 0) is 66.5 Å². The molecule has 0 aromatic rings. The highest BCUT2D eigenvalue weighted by molar-refractivity contribution is 5.75. The van der Waals surface area contributed by atoms with Gasteiger partial charge in [0.05, 0.1) is 139 Å². The number of nitrogens with one attached hydrogen (secondary N) is 1. The fourth-order valence-corrected chi connectivity index (χ4v) is 3.04. The summed E-state index contributed by atoms with van der Waals surface area (Å²) in [5.74, 6) is 0.0850. The first kappa shape index (κ1) is 52.7. The van der Waals surface area contributed by atoms with Crippen LogP contribution in [-0.4, -0.2) is 196 Å². The summed E-state index contributed by atoms with van der Waals surface area (Å²) in [6.45, 7) is 16.6. The van der Waals surface area contributed by atoms with Crippen LogP contribution in [0.3, 0.4) is 0 Å². The molecule has 0 spiro atoms. The van der Waals surface area contributed by atoms with Gasteiger partial charge in [-0.15, -0.1) is 0 Å². The van der Waals surface area contributed by atoms with Crippen LogP contribution < -0.4 is 5.32 Å². The summed E-state index contributed by atoms with van der Waals surface area (Å²) >= 11 is 0. The molecule has 0 heterocycles. The van der Waals surface area contributed by atoms with Gasteiger partial charge in [-0.2, -0.15) is 0 Å². The summed E-state index contributed by atoms with van der Waals surface area (Å²) in [7, 11) is 5.25. The van der Waals surface area contributed by atoms with Crippen LogP contribution >= 0.6 is 0 Å². The first-order valence-electron chi connectivity index (χ1n) is 17.6. The average molecular weight is 731 g/mol. The molecule has 0 aromatic heterocycles. The minimum absolute atomic E-state index is 0.0850. The minimum atomic E-state index is 0.0850. The van der Waals surface area contributed by atoms with Crippen molar-refractivity contribution in [3.05, 3.63) is 0 Å². The molecule has 16 heteroatoms. The van der Waals surface area contributed by atoms with Crippen molar-refractivity contribution in [2.45, 2.75) is 33.1 Å². The highest BCUT2D eigenvalue weighted by Gasteiger charge is 2.03. The lowest BCUT2D eigenvalue weighted by atomic mass is 10.4.